The van der Waals surface area contributed by atoms with Gasteiger partial charge in [0.15, 0.2) is 0 Å². The maximum atomic E-state index is 8.13. The number of hydrogen-bond acceptors (Lipinski definition) is 0. The van der Waals surface area contributed by atoms with Crippen LogP contribution in [0.1, 0.15) is 136 Å². The first-order chi connectivity index (χ1) is 43.0. The van der Waals surface area contributed by atoms with Crippen LogP contribution in [-0.2, 0) is 0 Å². The molecule has 0 nitrogen and oxygen atoms in total. The first-order valence-electron chi connectivity index (χ1n) is 32.5. The Kier molecular flexibility index (Phi) is 24.9. The molecule has 0 atom stereocenters. The van der Waals surface area contributed by atoms with Crippen LogP contribution in [-0.4, -0.2) is 18.5 Å². The van der Waals surface area contributed by atoms with Crippen molar-refractivity contribution in [3.8, 4) is 0 Å². The summed E-state index contributed by atoms with van der Waals surface area (Å²) in [4.78, 5) is 0. The van der Waals surface area contributed by atoms with E-state index in [-0.39, 0.29) is 0 Å². The van der Waals surface area contributed by atoms with E-state index in [1.165, 1.54) is 125 Å². The summed E-state index contributed by atoms with van der Waals surface area (Å²) in [5.41, 5.74) is 0. The maximum absolute atomic E-state index is 8.13. The predicted molar refractivity (Wildman–Crippen MR) is 407 cm³/mol. The van der Waals surface area contributed by atoms with Crippen LogP contribution in [0.2, 0.25) is 30.1 Å². The van der Waals surface area contributed by atoms with Crippen molar-refractivity contribution in [1.82, 2.24) is 0 Å². The fourth-order valence-corrected chi connectivity index (χ4v) is 102. The van der Waals surface area contributed by atoms with Gasteiger partial charge in [0.1, 0.15) is 0 Å². The van der Waals surface area contributed by atoms with E-state index < -0.39 is 25.9 Å². The van der Waals surface area contributed by atoms with Crippen molar-refractivity contribution < 1.29 is 0 Å². The van der Waals surface area contributed by atoms with Gasteiger partial charge in [-0.05, 0) is 0 Å². The molecule has 0 aliphatic carbocycles. The molecule has 0 aliphatic rings. The standard InChI is InChI=1S/C78H90Cl6P4/c1-4-7-10-13-16-28-58-85(59-29-17-14-11-8-5-2,60-30-18-15-12-9-6-3)87(73-37-22-19-23-38-73,74-39-24-20-25-40-74,75-41-26-21-27-42-75)88(76-43-31-34-67(82)61-76,77-44-32-35-68(83)62-77,78-45-33-36-69(84)63-78)86(70-52-46-64(79)47-53-70,71-54-48-65(80)49-55-71)72-56-50-66(81)51-57-72/h19-27,31-57,61-63H,4-18,28-30,58-60H2,1-3H3/q+2. The Morgan fingerprint density at radius 1 is 0.239 bits per heavy atom. The van der Waals surface area contributed by atoms with Crippen molar-refractivity contribution in [3.05, 3.63) is 267 Å². The monoisotopic (exact) mass is 1360 g/mol. The van der Waals surface area contributed by atoms with Crippen molar-refractivity contribution in [2.24, 2.45) is 0 Å². The molecule has 0 amide bonds. The van der Waals surface area contributed by atoms with Crippen LogP contribution in [0.15, 0.2) is 237 Å². The summed E-state index contributed by atoms with van der Waals surface area (Å²) in [7, 11) is 0. The molecule has 0 fully saturated rings. The van der Waals surface area contributed by atoms with Crippen LogP contribution >= 0.6 is 95.5 Å². The van der Waals surface area contributed by atoms with Gasteiger partial charge in [-0.25, -0.2) is 0 Å². The number of halogens is 6. The van der Waals surface area contributed by atoms with Gasteiger partial charge in [0.25, 0.3) is 0 Å². The normalized spacial score (nSPS) is 13.1. The quantitative estimate of drug-likeness (QED) is 0.0284. The average molecular weight is 1360 g/mol. The van der Waals surface area contributed by atoms with Crippen molar-refractivity contribution in [1.29, 1.82) is 0 Å². The molecule has 0 saturated heterocycles. The Morgan fingerprint density at radius 2 is 0.489 bits per heavy atom. The second-order valence-electron chi connectivity index (χ2n) is 24.1. The zero-order chi connectivity index (χ0) is 62.0. The summed E-state index contributed by atoms with van der Waals surface area (Å²) < 4.78 is 0. The van der Waals surface area contributed by atoms with Gasteiger partial charge < -0.3 is 0 Å². The number of hydrogen-bond donors (Lipinski definition) is 0. The molecule has 0 N–H and O–H groups in total. The molecule has 0 spiro atoms. The summed E-state index contributed by atoms with van der Waals surface area (Å²) >= 11 is 46.6. The second kappa shape index (κ2) is 31.8. The first kappa shape index (κ1) is 68.8. The van der Waals surface area contributed by atoms with Crippen LogP contribution < -0.4 is 47.7 Å². The predicted octanol–water partition coefficient (Wildman–Crippen LogP) is 23.8. The molecule has 10 heteroatoms. The molecular weight excluding hydrogens is 1270 g/mol. The number of unbranched alkanes of at least 4 members (excludes halogenated alkanes) is 15. The van der Waals surface area contributed by atoms with Gasteiger partial charge in [0, 0.05) is 0 Å². The Morgan fingerprint density at radius 3 is 0.750 bits per heavy atom. The molecule has 88 heavy (non-hydrogen) atoms. The van der Waals surface area contributed by atoms with Gasteiger partial charge in [0.2, 0.25) is 0 Å². The van der Waals surface area contributed by atoms with E-state index in [0.717, 1.165) is 57.0 Å². The first-order valence-corrected chi connectivity index (χ1v) is 45.5. The van der Waals surface area contributed by atoms with Crippen molar-refractivity contribution in [3.63, 3.8) is 0 Å². The van der Waals surface area contributed by atoms with E-state index in [0.29, 0.717) is 30.1 Å². The molecular formula is C78H90Cl6P4+2. The van der Waals surface area contributed by atoms with Gasteiger partial charge in [-0.2, -0.15) is 0 Å². The van der Waals surface area contributed by atoms with E-state index in [4.69, 9.17) is 69.6 Å². The third-order valence-corrected chi connectivity index (χ3v) is 77.9. The van der Waals surface area contributed by atoms with Gasteiger partial charge in [-0.3, -0.25) is 0 Å². The Hall–Kier alpha value is -3.56. The number of benzene rings is 9. The summed E-state index contributed by atoms with van der Waals surface area (Å²) in [5, 5.41) is 15.2. The molecule has 9 rings (SSSR count). The molecule has 0 saturated carbocycles. The van der Waals surface area contributed by atoms with Crippen LogP contribution in [0, 0.1) is 0 Å². The fraction of sp³-hybridized carbons (Fsp3) is 0.308. The molecule has 0 aliphatic heterocycles. The summed E-state index contributed by atoms with van der Waals surface area (Å²) in [5.74, 6) is -10.4. The Labute approximate surface area is 560 Å². The average Bonchev–Trinajstić information content (AvgIpc) is 0.590. The second-order valence-corrected chi connectivity index (χ2v) is 56.1. The SMILES string of the molecule is CCCCCCCC[P+](CCCCCCCC)(CCCCCCCC)P(c1ccccc1)(c1ccccc1)(c1ccccc1)P(c1cccc(Cl)c1)(c1cccc(Cl)c1)(c1cccc(Cl)c1)[P+](c1ccc(Cl)cc1)(c1ccc(Cl)cc1)c1ccc(Cl)cc1. The van der Waals surface area contributed by atoms with Crippen molar-refractivity contribution in [2.75, 3.05) is 18.5 Å². The topological polar surface area (TPSA) is 0 Å². The number of rotatable bonds is 33. The minimum atomic E-state index is -5.39. The zero-order valence-corrected chi connectivity index (χ0v) is 60.0. The molecule has 9 aromatic rings. The molecule has 0 aromatic heterocycles. The van der Waals surface area contributed by atoms with Gasteiger partial charge in [0.05, 0.1) is 0 Å². The molecule has 0 radical (unpaired) electrons. The molecule has 0 bridgehead atoms. The van der Waals surface area contributed by atoms with Crippen LogP contribution in [0.4, 0.5) is 0 Å². The van der Waals surface area contributed by atoms with Gasteiger partial charge >= 0.3 is 565 Å². The third-order valence-electron chi connectivity index (χ3n) is 19.2. The van der Waals surface area contributed by atoms with Crippen molar-refractivity contribution >= 4 is 143 Å². The third kappa shape index (κ3) is 12.0. The van der Waals surface area contributed by atoms with Crippen LogP contribution in [0.3, 0.4) is 0 Å². The summed E-state index contributed by atoms with van der Waals surface area (Å²) in [6.07, 6.45) is 24.5. The van der Waals surface area contributed by atoms with Crippen molar-refractivity contribution in [2.45, 2.75) is 136 Å². The fourth-order valence-electron chi connectivity index (χ4n) is 16.0. The minimum absolute atomic E-state index is 0.658. The van der Waals surface area contributed by atoms with Gasteiger partial charge in [-0.1, -0.05) is 0 Å². The van der Waals surface area contributed by atoms with Crippen LogP contribution in [0.25, 0.3) is 0 Å². The summed E-state index contributed by atoms with van der Waals surface area (Å²) in [6, 6.07) is 91.9. The van der Waals surface area contributed by atoms with E-state index in [2.05, 4.69) is 257 Å². The van der Waals surface area contributed by atoms with E-state index >= 15 is 0 Å². The Balaban J connectivity index is 1.83. The van der Waals surface area contributed by atoms with Crippen LogP contribution in [0.5, 0.6) is 0 Å². The zero-order valence-electron chi connectivity index (χ0n) is 51.9. The Bertz CT molecular complexity index is 3230. The molecule has 0 heterocycles. The molecule has 0 unspecified atom stereocenters. The van der Waals surface area contributed by atoms with Gasteiger partial charge in [-0.15, -0.1) is 0 Å². The van der Waals surface area contributed by atoms with E-state index in [9.17, 15) is 0 Å². The van der Waals surface area contributed by atoms with E-state index in [1.54, 1.807) is 0 Å². The molecule has 462 valence electrons. The van der Waals surface area contributed by atoms with E-state index in [1.807, 2.05) is 0 Å². The molecule has 9 aromatic carbocycles. The summed E-state index contributed by atoms with van der Waals surface area (Å²) in [6.45, 7) is 0.315.